The Bertz CT molecular complexity index is 671. The first-order chi connectivity index (χ1) is 12.7. The highest BCUT2D eigenvalue weighted by atomic mass is 16.2. The van der Waals surface area contributed by atoms with Gasteiger partial charge in [-0.3, -0.25) is 4.79 Å². The molecule has 2 saturated heterocycles. The van der Waals surface area contributed by atoms with Gasteiger partial charge in [0.25, 0.3) is 0 Å². The predicted octanol–water partition coefficient (Wildman–Crippen LogP) is 2.59. The number of likely N-dealkylation sites (tertiary alicyclic amines) is 1. The Morgan fingerprint density at radius 3 is 1.96 bits per heavy atom. The van der Waals surface area contributed by atoms with Gasteiger partial charge in [-0.2, -0.15) is 0 Å². The molecule has 4 aliphatic carbocycles. The normalized spacial score (nSPS) is 43.2. The van der Waals surface area contributed by atoms with Gasteiger partial charge in [0, 0.05) is 50.4 Å². The molecule has 1 aromatic rings. The molecule has 1 amide bonds. The fraction of sp³-hybridized carbons (Fsp3) is 0.762. The molecule has 0 radical (unpaired) electrons. The number of anilines is 1. The van der Waals surface area contributed by atoms with Gasteiger partial charge in [-0.15, -0.1) is 0 Å². The van der Waals surface area contributed by atoms with Gasteiger partial charge in [0.1, 0.15) is 0 Å². The summed E-state index contributed by atoms with van der Waals surface area (Å²) in [4.78, 5) is 26.9. The smallest absolute Gasteiger partial charge is 0.228 e. The van der Waals surface area contributed by atoms with Gasteiger partial charge in [-0.25, -0.2) is 9.97 Å². The SMILES string of the molecule is O=C(N1C[C@@H]2CN(c3ncccn3)C[C@@H]2C1)C12CC3CC(CC(C3)C1)C2. The number of hydrogen-bond donors (Lipinski definition) is 0. The van der Waals surface area contributed by atoms with Crippen molar-refractivity contribution in [2.24, 2.45) is 35.0 Å². The van der Waals surface area contributed by atoms with E-state index >= 15 is 0 Å². The average Bonchev–Trinajstić information content (AvgIpc) is 3.19. The lowest BCUT2D eigenvalue weighted by Crippen LogP contribution is -2.54. The molecule has 6 aliphatic rings. The molecule has 4 bridgehead atoms. The van der Waals surface area contributed by atoms with Crippen molar-refractivity contribution in [3.8, 4) is 0 Å². The van der Waals surface area contributed by atoms with Crippen LogP contribution in [-0.2, 0) is 4.79 Å². The molecule has 26 heavy (non-hydrogen) atoms. The van der Waals surface area contributed by atoms with Gasteiger partial charge >= 0.3 is 0 Å². The zero-order valence-corrected chi connectivity index (χ0v) is 15.4. The summed E-state index contributed by atoms with van der Waals surface area (Å²) in [6, 6.07) is 1.87. The minimum Gasteiger partial charge on any atom is -0.342 e. The van der Waals surface area contributed by atoms with Gasteiger partial charge in [-0.05, 0) is 62.3 Å². The first-order valence-electron chi connectivity index (χ1n) is 10.5. The van der Waals surface area contributed by atoms with Crippen molar-refractivity contribution >= 4 is 11.9 Å². The summed E-state index contributed by atoms with van der Waals surface area (Å²) in [6.45, 7) is 3.90. The fourth-order valence-corrected chi connectivity index (χ4v) is 7.48. The van der Waals surface area contributed by atoms with Crippen molar-refractivity contribution < 1.29 is 4.79 Å². The number of aromatic nitrogens is 2. The van der Waals surface area contributed by atoms with E-state index in [1.54, 1.807) is 0 Å². The molecule has 5 heteroatoms. The number of rotatable bonds is 2. The van der Waals surface area contributed by atoms with E-state index in [9.17, 15) is 4.79 Å². The maximum absolute atomic E-state index is 13.6. The minimum atomic E-state index is 0.0234. The van der Waals surface area contributed by atoms with Gasteiger partial charge in [0.15, 0.2) is 0 Å². The van der Waals surface area contributed by atoms with E-state index in [1.165, 1.54) is 38.5 Å². The predicted molar refractivity (Wildman–Crippen MR) is 98.4 cm³/mol. The van der Waals surface area contributed by atoms with Crippen LogP contribution in [0.2, 0.25) is 0 Å². The van der Waals surface area contributed by atoms with Crippen LogP contribution in [-0.4, -0.2) is 47.0 Å². The zero-order chi connectivity index (χ0) is 17.3. The van der Waals surface area contributed by atoms with Crippen LogP contribution in [0.5, 0.6) is 0 Å². The van der Waals surface area contributed by atoms with E-state index in [0.29, 0.717) is 17.7 Å². The third-order valence-corrected chi connectivity index (χ3v) is 8.10. The minimum absolute atomic E-state index is 0.0234. The molecule has 4 saturated carbocycles. The lowest BCUT2D eigenvalue weighted by atomic mass is 9.49. The van der Waals surface area contributed by atoms with Crippen LogP contribution in [0, 0.1) is 35.0 Å². The molecule has 3 heterocycles. The summed E-state index contributed by atoms with van der Waals surface area (Å²) in [5, 5.41) is 0. The number of fused-ring (bicyclic) bond motifs is 1. The molecule has 138 valence electrons. The van der Waals surface area contributed by atoms with E-state index in [0.717, 1.165) is 49.9 Å². The van der Waals surface area contributed by atoms with Crippen LogP contribution in [0.4, 0.5) is 5.95 Å². The van der Waals surface area contributed by atoms with Crippen LogP contribution in [0.3, 0.4) is 0 Å². The zero-order valence-electron chi connectivity index (χ0n) is 15.4. The highest BCUT2D eigenvalue weighted by Gasteiger charge is 2.57. The van der Waals surface area contributed by atoms with Gasteiger partial charge in [0.05, 0.1) is 5.41 Å². The highest BCUT2D eigenvalue weighted by Crippen LogP contribution is 2.60. The maximum Gasteiger partial charge on any atom is 0.228 e. The van der Waals surface area contributed by atoms with Gasteiger partial charge in [0.2, 0.25) is 11.9 Å². The van der Waals surface area contributed by atoms with Crippen LogP contribution in [0.1, 0.15) is 38.5 Å². The Hall–Kier alpha value is -1.65. The van der Waals surface area contributed by atoms with E-state index in [-0.39, 0.29) is 5.41 Å². The van der Waals surface area contributed by atoms with Crippen molar-refractivity contribution in [3.05, 3.63) is 18.5 Å². The average molecular weight is 352 g/mol. The van der Waals surface area contributed by atoms with E-state index in [1.807, 2.05) is 18.5 Å². The molecule has 2 atom stereocenters. The van der Waals surface area contributed by atoms with Crippen LogP contribution < -0.4 is 4.90 Å². The molecule has 7 rings (SSSR count). The quantitative estimate of drug-likeness (QED) is 0.821. The summed E-state index contributed by atoms with van der Waals surface area (Å²) in [6.07, 6.45) is 11.4. The Labute approximate surface area is 155 Å². The molecule has 0 unspecified atom stereocenters. The monoisotopic (exact) mass is 352 g/mol. The van der Waals surface area contributed by atoms with Crippen molar-refractivity contribution in [2.45, 2.75) is 38.5 Å². The third-order valence-electron chi connectivity index (χ3n) is 8.10. The molecule has 5 nitrogen and oxygen atoms in total. The number of amides is 1. The Kier molecular flexibility index (Phi) is 3.22. The summed E-state index contributed by atoms with van der Waals surface area (Å²) in [7, 11) is 0. The standard InChI is InChI=1S/C21H28N4O/c26-19(21-7-14-4-15(8-21)6-16(5-14)9-21)24-10-17-12-25(13-18(17)11-24)20-22-2-1-3-23-20/h1-3,14-18H,4-13H2/t14?,15?,16?,17-,18+,21?. The number of carbonyl (C=O) groups excluding carboxylic acids is 1. The first kappa shape index (κ1) is 15.4. The molecule has 1 aromatic heterocycles. The third kappa shape index (κ3) is 2.25. The first-order valence-corrected chi connectivity index (χ1v) is 10.5. The summed E-state index contributed by atoms with van der Waals surface area (Å²) < 4.78 is 0. The molecule has 0 N–H and O–H groups in total. The van der Waals surface area contributed by atoms with E-state index in [4.69, 9.17) is 0 Å². The Morgan fingerprint density at radius 1 is 0.885 bits per heavy atom. The molecular formula is C21H28N4O. The second-order valence-electron chi connectivity index (χ2n) is 9.88. The van der Waals surface area contributed by atoms with Crippen molar-refractivity contribution in [2.75, 3.05) is 31.1 Å². The van der Waals surface area contributed by atoms with Crippen LogP contribution in [0.15, 0.2) is 18.5 Å². The lowest BCUT2D eigenvalue weighted by molar-refractivity contribution is -0.156. The van der Waals surface area contributed by atoms with Crippen LogP contribution in [0.25, 0.3) is 0 Å². The highest BCUT2D eigenvalue weighted by molar-refractivity contribution is 5.83. The number of hydrogen-bond acceptors (Lipinski definition) is 4. The molecule has 6 fully saturated rings. The topological polar surface area (TPSA) is 49.3 Å². The second kappa shape index (κ2) is 5.43. The van der Waals surface area contributed by atoms with E-state index in [2.05, 4.69) is 19.8 Å². The van der Waals surface area contributed by atoms with Crippen molar-refractivity contribution in [1.82, 2.24) is 14.9 Å². The maximum atomic E-state index is 13.6. The molecule has 0 aromatic carbocycles. The van der Waals surface area contributed by atoms with Crippen molar-refractivity contribution in [3.63, 3.8) is 0 Å². The number of carbonyl (C=O) groups is 1. The summed E-state index contributed by atoms with van der Waals surface area (Å²) in [5.74, 6) is 5.09. The Balaban J connectivity index is 1.16. The molecular weight excluding hydrogens is 324 g/mol. The summed E-state index contributed by atoms with van der Waals surface area (Å²) >= 11 is 0. The fourth-order valence-electron chi connectivity index (χ4n) is 7.48. The van der Waals surface area contributed by atoms with Gasteiger partial charge < -0.3 is 9.80 Å². The lowest BCUT2D eigenvalue weighted by Gasteiger charge is -2.56. The summed E-state index contributed by atoms with van der Waals surface area (Å²) in [5.41, 5.74) is 0.0234. The molecule has 0 spiro atoms. The van der Waals surface area contributed by atoms with E-state index < -0.39 is 0 Å². The van der Waals surface area contributed by atoms with Crippen molar-refractivity contribution in [1.29, 1.82) is 0 Å². The molecule has 2 aliphatic heterocycles. The Morgan fingerprint density at radius 2 is 1.42 bits per heavy atom. The second-order valence-corrected chi connectivity index (χ2v) is 9.88. The largest absolute Gasteiger partial charge is 0.342 e. The number of nitrogens with zero attached hydrogens (tertiary/aromatic N) is 4. The van der Waals surface area contributed by atoms with Crippen LogP contribution >= 0.6 is 0 Å². The van der Waals surface area contributed by atoms with Gasteiger partial charge in [-0.1, -0.05) is 0 Å².